The summed E-state index contributed by atoms with van der Waals surface area (Å²) in [4.78, 5) is 11.7. The highest BCUT2D eigenvalue weighted by atomic mass is 16.7. The molecular weight excluding hydrogens is 232 g/mol. The normalized spacial score (nSPS) is 16.8. The first-order valence-corrected chi connectivity index (χ1v) is 5.90. The molecule has 1 aromatic rings. The molecule has 5 heteroatoms. The minimum Gasteiger partial charge on any atom is -0.346 e. The summed E-state index contributed by atoms with van der Waals surface area (Å²) in [6.45, 7) is 4.56. The zero-order valence-corrected chi connectivity index (χ0v) is 10.6. The molecule has 1 aliphatic heterocycles. The summed E-state index contributed by atoms with van der Waals surface area (Å²) in [7, 11) is 0. The summed E-state index contributed by atoms with van der Waals surface area (Å²) < 4.78 is 10.8. The van der Waals surface area contributed by atoms with E-state index in [2.05, 4.69) is 5.32 Å². The molecule has 1 fully saturated rings. The van der Waals surface area contributed by atoms with Crippen LogP contribution in [0.15, 0.2) is 24.3 Å². The number of hydrogen-bond donors (Lipinski definition) is 2. The van der Waals surface area contributed by atoms with Crippen LogP contribution in [-0.2, 0) is 14.3 Å². The summed E-state index contributed by atoms with van der Waals surface area (Å²) in [5.41, 5.74) is 6.46. The van der Waals surface area contributed by atoms with Crippen LogP contribution in [0.4, 0.5) is 5.69 Å². The number of benzene rings is 1. The smallest absolute Gasteiger partial charge is 0.243 e. The highest BCUT2D eigenvalue weighted by Crippen LogP contribution is 2.24. The Hall–Kier alpha value is -1.43. The van der Waals surface area contributed by atoms with Gasteiger partial charge in [0.05, 0.1) is 18.8 Å². The van der Waals surface area contributed by atoms with Gasteiger partial charge in [-0.3, -0.25) is 4.79 Å². The molecular formula is C13H18N2O3. The van der Waals surface area contributed by atoms with Gasteiger partial charge in [-0.2, -0.15) is 0 Å². The average Bonchev–Trinajstić information content (AvgIpc) is 2.82. The van der Waals surface area contributed by atoms with Crippen molar-refractivity contribution in [2.45, 2.75) is 25.7 Å². The van der Waals surface area contributed by atoms with Crippen LogP contribution in [0.5, 0.6) is 0 Å². The lowest BCUT2D eigenvalue weighted by Crippen LogP contribution is -2.45. The lowest BCUT2D eigenvalue weighted by molar-refractivity contribution is -0.120. The van der Waals surface area contributed by atoms with Gasteiger partial charge in [0, 0.05) is 11.3 Å². The van der Waals surface area contributed by atoms with Crippen LogP contribution < -0.4 is 11.1 Å². The Morgan fingerprint density at radius 2 is 1.83 bits per heavy atom. The molecule has 18 heavy (non-hydrogen) atoms. The van der Waals surface area contributed by atoms with E-state index >= 15 is 0 Å². The van der Waals surface area contributed by atoms with Crippen molar-refractivity contribution >= 4 is 11.6 Å². The molecule has 0 aromatic heterocycles. The maximum absolute atomic E-state index is 11.7. The predicted molar refractivity (Wildman–Crippen MR) is 68.0 cm³/mol. The van der Waals surface area contributed by atoms with Crippen LogP contribution >= 0.6 is 0 Å². The van der Waals surface area contributed by atoms with Crippen molar-refractivity contribution < 1.29 is 14.3 Å². The minimum absolute atomic E-state index is 0.219. The van der Waals surface area contributed by atoms with Crippen LogP contribution in [0.1, 0.15) is 25.7 Å². The Morgan fingerprint density at radius 1 is 1.28 bits per heavy atom. The molecule has 0 unspecified atom stereocenters. The number of hydrogen-bond acceptors (Lipinski definition) is 4. The number of nitrogens with two attached hydrogens (primary N) is 1. The Morgan fingerprint density at radius 3 is 2.33 bits per heavy atom. The average molecular weight is 250 g/mol. The molecule has 0 atom stereocenters. The van der Waals surface area contributed by atoms with E-state index in [1.54, 1.807) is 13.8 Å². The van der Waals surface area contributed by atoms with Crippen molar-refractivity contribution in [2.75, 3.05) is 18.5 Å². The van der Waals surface area contributed by atoms with Gasteiger partial charge in [-0.25, -0.2) is 0 Å². The van der Waals surface area contributed by atoms with Crippen molar-refractivity contribution in [1.29, 1.82) is 0 Å². The van der Waals surface area contributed by atoms with Gasteiger partial charge < -0.3 is 20.5 Å². The second-order valence-corrected chi connectivity index (χ2v) is 4.87. The molecule has 2 rings (SSSR count). The van der Waals surface area contributed by atoms with Gasteiger partial charge >= 0.3 is 0 Å². The number of ether oxygens (including phenoxy) is 2. The highest BCUT2D eigenvalue weighted by Gasteiger charge is 2.22. The summed E-state index contributed by atoms with van der Waals surface area (Å²) in [6.07, 6.45) is -0.291. The number of nitrogens with one attached hydrogen (secondary N) is 1. The van der Waals surface area contributed by atoms with E-state index in [-0.39, 0.29) is 12.2 Å². The molecule has 5 nitrogen and oxygen atoms in total. The lowest BCUT2D eigenvalue weighted by Gasteiger charge is -2.18. The second-order valence-electron chi connectivity index (χ2n) is 4.87. The molecule has 1 aromatic carbocycles. The molecule has 1 heterocycles. The Labute approximate surface area is 106 Å². The zero-order chi connectivity index (χ0) is 13.2. The maximum Gasteiger partial charge on any atom is 0.243 e. The molecule has 0 radical (unpaired) electrons. The molecule has 0 spiro atoms. The fourth-order valence-corrected chi connectivity index (χ4v) is 1.57. The second kappa shape index (κ2) is 5.06. The first kappa shape index (κ1) is 13.0. The van der Waals surface area contributed by atoms with Crippen LogP contribution in [0.25, 0.3) is 0 Å². The Kier molecular flexibility index (Phi) is 3.65. The monoisotopic (exact) mass is 250 g/mol. The van der Waals surface area contributed by atoms with Crippen LogP contribution in [0.2, 0.25) is 0 Å². The summed E-state index contributed by atoms with van der Waals surface area (Å²) in [6, 6.07) is 7.36. The van der Waals surface area contributed by atoms with Gasteiger partial charge in [-0.1, -0.05) is 12.1 Å². The third-order valence-corrected chi connectivity index (χ3v) is 2.65. The number of amides is 1. The number of carbonyl (C=O) groups is 1. The minimum atomic E-state index is -0.893. The molecule has 0 bridgehead atoms. The number of carbonyl (C=O) groups excluding carboxylic acids is 1. The van der Waals surface area contributed by atoms with E-state index in [9.17, 15) is 4.79 Å². The SMILES string of the molecule is CC(C)(N)C(=O)Nc1ccc(C2OCCO2)cc1. The van der Waals surface area contributed by atoms with E-state index in [0.29, 0.717) is 18.9 Å². The summed E-state index contributed by atoms with van der Waals surface area (Å²) in [5, 5.41) is 2.75. The third-order valence-electron chi connectivity index (χ3n) is 2.65. The van der Waals surface area contributed by atoms with E-state index in [1.807, 2.05) is 24.3 Å². The standard InChI is InChI=1S/C13H18N2O3/c1-13(2,14)12(16)15-10-5-3-9(4-6-10)11-17-7-8-18-11/h3-6,11H,7-8,14H2,1-2H3,(H,15,16). The number of anilines is 1. The molecule has 0 aliphatic carbocycles. The van der Waals surface area contributed by atoms with Crippen LogP contribution in [-0.4, -0.2) is 24.7 Å². The molecule has 0 saturated carbocycles. The zero-order valence-electron chi connectivity index (χ0n) is 10.6. The molecule has 98 valence electrons. The first-order valence-electron chi connectivity index (χ1n) is 5.90. The topological polar surface area (TPSA) is 73.6 Å². The first-order chi connectivity index (χ1) is 8.47. The number of rotatable bonds is 3. The van der Waals surface area contributed by atoms with E-state index in [1.165, 1.54) is 0 Å². The molecule has 1 aliphatic rings. The summed E-state index contributed by atoms with van der Waals surface area (Å²) in [5.74, 6) is -0.219. The lowest BCUT2D eigenvalue weighted by atomic mass is 10.1. The Bertz CT molecular complexity index is 417. The molecule has 1 saturated heterocycles. The van der Waals surface area contributed by atoms with Gasteiger partial charge in [0.25, 0.3) is 0 Å². The van der Waals surface area contributed by atoms with Gasteiger partial charge in [0.1, 0.15) is 0 Å². The fraction of sp³-hybridized carbons (Fsp3) is 0.462. The van der Waals surface area contributed by atoms with Crippen molar-refractivity contribution in [2.24, 2.45) is 5.73 Å². The highest BCUT2D eigenvalue weighted by molar-refractivity contribution is 5.97. The van der Waals surface area contributed by atoms with Crippen LogP contribution in [0, 0.1) is 0 Å². The van der Waals surface area contributed by atoms with Gasteiger partial charge in [-0.05, 0) is 26.0 Å². The van der Waals surface area contributed by atoms with E-state index < -0.39 is 5.54 Å². The van der Waals surface area contributed by atoms with Gasteiger partial charge in [0.15, 0.2) is 6.29 Å². The van der Waals surface area contributed by atoms with Gasteiger partial charge in [0.2, 0.25) is 5.91 Å². The van der Waals surface area contributed by atoms with E-state index in [0.717, 1.165) is 5.56 Å². The largest absolute Gasteiger partial charge is 0.346 e. The van der Waals surface area contributed by atoms with Crippen molar-refractivity contribution in [3.63, 3.8) is 0 Å². The molecule has 1 amide bonds. The van der Waals surface area contributed by atoms with Crippen molar-refractivity contribution in [1.82, 2.24) is 0 Å². The quantitative estimate of drug-likeness (QED) is 0.850. The predicted octanol–water partition coefficient (Wildman–Crippen LogP) is 1.41. The molecule has 3 N–H and O–H groups in total. The van der Waals surface area contributed by atoms with Crippen molar-refractivity contribution in [3.8, 4) is 0 Å². The van der Waals surface area contributed by atoms with E-state index in [4.69, 9.17) is 15.2 Å². The Balaban J connectivity index is 2.01. The van der Waals surface area contributed by atoms with Crippen molar-refractivity contribution in [3.05, 3.63) is 29.8 Å². The van der Waals surface area contributed by atoms with Crippen LogP contribution in [0.3, 0.4) is 0 Å². The fourth-order valence-electron chi connectivity index (χ4n) is 1.57. The summed E-state index contributed by atoms with van der Waals surface area (Å²) >= 11 is 0. The van der Waals surface area contributed by atoms with Gasteiger partial charge in [-0.15, -0.1) is 0 Å². The third kappa shape index (κ3) is 3.07. The maximum atomic E-state index is 11.7.